The number of esters is 1. The number of quaternary nitrogens is 1. The van der Waals surface area contributed by atoms with E-state index in [1.807, 2.05) is 0 Å². The molecular weight excluding hydrogens is 332 g/mol. The molecule has 1 fully saturated rings. The molecule has 0 spiro atoms. The first kappa shape index (κ1) is 18.5. The average Bonchev–Trinajstić information content (AvgIpc) is 2.96. The standard InChI is InChI=1S/C12H18N2O10/c15-5-6-9(18)11(23-7(16)2-4-14(20)21)10(19)12(22-6)13-3-1-8(17)24-13/h1,3,6,9-12,14-15,18-20H,2,4-5H2/t6-,9+,10-,11-,12-/m0/s1. The summed E-state index contributed by atoms with van der Waals surface area (Å²) in [6, 6.07) is 1.06. The number of nitrogens with one attached hydrogen (secondary N) is 1. The molecule has 136 valence electrons. The van der Waals surface area contributed by atoms with Crippen LogP contribution in [0.1, 0.15) is 12.6 Å². The van der Waals surface area contributed by atoms with Crippen LogP contribution in [0.4, 0.5) is 0 Å². The number of aliphatic hydroxyl groups is 3. The third kappa shape index (κ3) is 4.18. The van der Waals surface area contributed by atoms with Crippen molar-refractivity contribution in [2.24, 2.45) is 0 Å². The molecule has 2 rings (SSSR count). The average molecular weight is 350 g/mol. The summed E-state index contributed by atoms with van der Waals surface area (Å²) in [6.45, 7) is -1.13. The lowest BCUT2D eigenvalue weighted by molar-refractivity contribution is -1.05. The Morgan fingerprint density at radius 1 is 1.42 bits per heavy atom. The zero-order valence-electron chi connectivity index (χ0n) is 12.3. The third-order valence-corrected chi connectivity index (χ3v) is 3.45. The van der Waals surface area contributed by atoms with Gasteiger partial charge in [0, 0.05) is 12.3 Å². The number of hydrogen-bond acceptors (Lipinski definition) is 10. The van der Waals surface area contributed by atoms with E-state index in [4.69, 9.17) is 19.2 Å². The van der Waals surface area contributed by atoms with E-state index in [1.165, 1.54) is 6.20 Å². The van der Waals surface area contributed by atoms with Gasteiger partial charge in [-0.2, -0.15) is 4.74 Å². The van der Waals surface area contributed by atoms with Gasteiger partial charge in [-0.3, -0.25) is 4.79 Å². The van der Waals surface area contributed by atoms with Gasteiger partial charge >= 0.3 is 11.6 Å². The van der Waals surface area contributed by atoms with Crippen LogP contribution in [0, 0.1) is 5.21 Å². The summed E-state index contributed by atoms with van der Waals surface area (Å²) in [4.78, 5) is 22.8. The summed E-state index contributed by atoms with van der Waals surface area (Å²) in [5, 5.41) is 47.4. The highest BCUT2D eigenvalue weighted by molar-refractivity contribution is 5.69. The van der Waals surface area contributed by atoms with Crippen LogP contribution in [-0.2, 0) is 14.3 Å². The van der Waals surface area contributed by atoms with Crippen molar-refractivity contribution in [2.75, 3.05) is 13.2 Å². The number of ether oxygens (including phenoxy) is 2. The largest absolute Gasteiger partial charge is 0.600 e. The maximum Gasteiger partial charge on any atom is 0.357 e. The molecule has 0 aromatic carbocycles. The van der Waals surface area contributed by atoms with Crippen LogP contribution in [-0.4, -0.2) is 68.8 Å². The first-order valence-electron chi connectivity index (χ1n) is 7.05. The van der Waals surface area contributed by atoms with Crippen molar-refractivity contribution in [3.63, 3.8) is 0 Å². The smallest absolute Gasteiger partial charge is 0.357 e. The number of aliphatic hydroxyl groups excluding tert-OH is 3. The maximum atomic E-state index is 11.7. The number of carbonyl (C=O) groups excluding carboxylic acids is 1. The number of aromatic nitrogens is 1. The molecule has 1 aliphatic rings. The molecule has 6 atom stereocenters. The van der Waals surface area contributed by atoms with Crippen molar-refractivity contribution in [2.45, 2.75) is 37.1 Å². The predicted molar refractivity (Wildman–Crippen MR) is 71.5 cm³/mol. The maximum absolute atomic E-state index is 11.7. The fourth-order valence-electron chi connectivity index (χ4n) is 2.27. The summed E-state index contributed by atoms with van der Waals surface area (Å²) in [5.41, 5.74) is -0.715. The molecule has 5 N–H and O–H groups in total. The van der Waals surface area contributed by atoms with Crippen molar-refractivity contribution in [1.29, 1.82) is 0 Å². The molecule has 0 bridgehead atoms. The molecular formula is C12H18N2O10. The minimum atomic E-state index is -1.62. The molecule has 24 heavy (non-hydrogen) atoms. The molecule has 12 nitrogen and oxygen atoms in total. The zero-order valence-corrected chi connectivity index (χ0v) is 12.3. The summed E-state index contributed by atoms with van der Waals surface area (Å²) < 4.78 is 15.8. The normalized spacial score (nSPS) is 31.6. The lowest BCUT2D eigenvalue weighted by Gasteiger charge is -2.41. The Morgan fingerprint density at radius 2 is 2.12 bits per heavy atom. The van der Waals surface area contributed by atoms with Gasteiger partial charge in [0.05, 0.1) is 13.0 Å². The van der Waals surface area contributed by atoms with Crippen LogP contribution in [0.3, 0.4) is 0 Å². The topological polar surface area (TPSA) is 179 Å². The first-order chi connectivity index (χ1) is 11.3. The van der Waals surface area contributed by atoms with Crippen LogP contribution in [0.5, 0.6) is 0 Å². The molecule has 0 aliphatic carbocycles. The summed E-state index contributed by atoms with van der Waals surface area (Å²) >= 11 is 0. The van der Waals surface area contributed by atoms with E-state index in [1.54, 1.807) is 0 Å². The Kier molecular flexibility index (Phi) is 6.06. The Hall–Kier alpha value is -1.80. The number of carbonyl (C=O) groups is 1. The summed E-state index contributed by atoms with van der Waals surface area (Å²) in [5.74, 6) is -0.952. The highest BCUT2D eigenvalue weighted by atomic mass is 16.8. The molecule has 1 aliphatic heterocycles. The second kappa shape index (κ2) is 7.85. The molecule has 12 heteroatoms. The fourth-order valence-corrected chi connectivity index (χ4v) is 2.27. The van der Waals surface area contributed by atoms with Gasteiger partial charge in [0.1, 0.15) is 24.9 Å². The first-order valence-corrected chi connectivity index (χ1v) is 7.05. The zero-order chi connectivity index (χ0) is 17.9. The Morgan fingerprint density at radius 3 is 2.67 bits per heavy atom. The van der Waals surface area contributed by atoms with E-state index >= 15 is 0 Å². The predicted octanol–water partition coefficient (Wildman–Crippen LogP) is -3.87. The van der Waals surface area contributed by atoms with E-state index in [-0.39, 0.29) is 0 Å². The second-order valence-electron chi connectivity index (χ2n) is 5.16. The number of nitrogens with zero attached hydrogens (tertiary/aromatic N) is 1. The molecule has 1 saturated heterocycles. The molecule has 2 heterocycles. The Balaban J connectivity index is 2.14. The summed E-state index contributed by atoms with van der Waals surface area (Å²) in [6.07, 6.45) is -6.52. The molecule has 0 amide bonds. The molecule has 1 aromatic heterocycles. The summed E-state index contributed by atoms with van der Waals surface area (Å²) in [7, 11) is 0. The van der Waals surface area contributed by atoms with Gasteiger partial charge in [-0.05, 0) is 0 Å². The Bertz CT molecular complexity index is 599. The van der Waals surface area contributed by atoms with Gasteiger partial charge < -0.3 is 34.5 Å². The SMILES string of the molecule is O=C(CC[NH+]([O-])O)O[C@H]1[C@H](O)[C@H](CO)O[C@H](n2ccc(=O)o2)[C@H]1O. The van der Waals surface area contributed by atoms with Crippen molar-refractivity contribution in [3.05, 3.63) is 27.9 Å². The van der Waals surface area contributed by atoms with E-state index in [9.17, 15) is 30.1 Å². The number of hydroxylamine groups is 2. The minimum Gasteiger partial charge on any atom is -0.600 e. The van der Waals surface area contributed by atoms with Gasteiger partial charge in [-0.1, -0.05) is 0 Å². The van der Waals surface area contributed by atoms with Gasteiger partial charge in [0.2, 0.25) is 0 Å². The molecule has 1 aromatic rings. The van der Waals surface area contributed by atoms with E-state index < -0.39 is 67.0 Å². The quantitative estimate of drug-likeness (QED) is 0.252. The lowest BCUT2D eigenvalue weighted by Crippen LogP contribution is -3.04. The van der Waals surface area contributed by atoms with Crippen LogP contribution in [0.15, 0.2) is 21.6 Å². The van der Waals surface area contributed by atoms with Gasteiger partial charge in [-0.25, -0.2) is 15.2 Å². The van der Waals surface area contributed by atoms with Crippen LogP contribution < -0.4 is 10.9 Å². The monoisotopic (exact) mass is 350 g/mol. The number of rotatable bonds is 6. The van der Waals surface area contributed by atoms with Crippen molar-refractivity contribution in [1.82, 2.24) is 4.74 Å². The highest BCUT2D eigenvalue weighted by Gasteiger charge is 2.48. The van der Waals surface area contributed by atoms with Gasteiger partial charge in [0.15, 0.2) is 12.3 Å². The van der Waals surface area contributed by atoms with Gasteiger partial charge in [-0.15, -0.1) is 0 Å². The van der Waals surface area contributed by atoms with Crippen molar-refractivity contribution >= 4 is 5.97 Å². The van der Waals surface area contributed by atoms with Crippen molar-refractivity contribution in [3.8, 4) is 0 Å². The number of hydrogen-bond donors (Lipinski definition) is 5. The third-order valence-electron chi connectivity index (χ3n) is 3.45. The second-order valence-corrected chi connectivity index (χ2v) is 5.16. The molecule has 1 unspecified atom stereocenters. The van der Waals surface area contributed by atoms with E-state index in [0.717, 1.165) is 10.8 Å². The Labute approximate surface area is 134 Å². The fraction of sp³-hybridized carbons (Fsp3) is 0.667. The van der Waals surface area contributed by atoms with Crippen molar-refractivity contribution < 1.29 is 44.5 Å². The van der Waals surface area contributed by atoms with E-state index in [0.29, 0.717) is 0 Å². The van der Waals surface area contributed by atoms with Crippen LogP contribution in [0.2, 0.25) is 0 Å². The lowest BCUT2D eigenvalue weighted by atomic mass is 9.98. The minimum absolute atomic E-state index is 0.459. The van der Waals surface area contributed by atoms with Crippen LogP contribution >= 0.6 is 0 Å². The molecule has 0 radical (unpaired) electrons. The van der Waals surface area contributed by atoms with Gasteiger partial charge in [0.25, 0.3) is 0 Å². The van der Waals surface area contributed by atoms with E-state index in [2.05, 4.69) is 0 Å². The highest BCUT2D eigenvalue weighted by Crippen LogP contribution is 2.30. The van der Waals surface area contributed by atoms with Crippen LogP contribution in [0.25, 0.3) is 0 Å². The molecule has 0 saturated carbocycles.